The Morgan fingerprint density at radius 2 is 1.77 bits per heavy atom. The fourth-order valence-electron chi connectivity index (χ4n) is 3.50. The van der Waals surface area contributed by atoms with E-state index in [9.17, 15) is 9.59 Å². The number of piperidine rings is 1. The minimum absolute atomic E-state index is 0.0298. The minimum atomic E-state index is -0.400. The highest BCUT2D eigenvalue weighted by atomic mass is 16.4. The lowest BCUT2D eigenvalue weighted by molar-refractivity contribution is 0.0724. The summed E-state index contributed by atoms with van der Waals surface area (Å²) in [6.45, 7) is 4.06. The van der Waals surface area contributed by atoms with Gasteiger partial charge in [0.05, 0.1) is 12.1 Å². The minimum Gasteiger partial charge on any atom is -0.408 e. The van der Waals surface area contributed by atoms with Gasteiger partial charge >= 0.3 is 5.76 Å². The summed E-state index contributed by atoms with van der Waals surface area (Å²) >= 11 is 0. The molecule has 4 rings (SSSR count). The van der Waals surface area contributed by atoms with E-state index in [-0.39, 0.29) is 5.91 Å². The van der Waals surface area contributed by atoms with Crippen LogP contribution in [0.4, 0.5) is 0 Å². The number of rotatable bonds is 3. The summed E-state index contributed by atoms with van der Waals surface area (Å²) in [5.41, 5.74) is 3.98. The van der Waals surface area contributed by atoms with Crippen LogP contribution in [0.15, 0.2) is 51.7 Å². The molecular formula is C21H22N2O3. The number of fused-ring (bicyclic) bond motifs is 1. The third-order valence-electron chi connectivity index (χ3n) is 5.02. The maximum atomic E-state index is 12.8. The highest BCUT2D eigenvalue weighted by molar-refractivity contribution is 5.97. The maximum absolute atomic E-state index is 12.8. The lowest BCUT2D eigenvalue weighted by Gasteiger charge is -2.26. The zero-order valence-electron chi connectivity index (χ0n) is 14.9. The summed E-state index contributed by atoms with van der Waals surface area (Å²) < 4.78 is 6.95. The van der Waals surface area contributed by atoms with Crippen LogP contribution in [0.3, 0.4) is 0 Å². The average Bonchev–Trinajstić information content (AvgIpc) is 2.98. The van der Waals surface area contributed by atoms with Crippen LogP contribution in [-0.4, -0.2) is 28.5 Å². The number of carbonyl (C=O) groups is 1. The van der Waals surface area contributed by atoms with E-state index in [1.807, 2.05) is 36.1 Å². The van der Waals surface area contributed by atoms with E-state index >= 15 is 0 Å². The fraction of sp³-hybridized carbons (Fsp3) is 0.333. The molecule has 1 fully saturated rings. The quantitative estimate of drug-likeness (QED) is 0.725. The zero-order chi connectivity index (χ0) is 18.1. The first-order valence-corrected chi connectivity index (χ1v) is 9.10. The van der Waals surface area contributed by atoms with Crippen LogP contribution < -0.4 is 5.76 Å². The highest BCUT2D eigenvalue weighted by Crippen LogP contribution is 2.19. The van der Waals surface area contributed by atoms with Gasteiger partial charge in [0.15, 0.2) is 5.58 Å². The summed E-state index contributed by atoms with van der Waals surface area (Å²) in [5.74, 6) is -0.370. The van der Waals surface area contributed by atoms with Crippen LogP contribution in [0.5, 0.6) is 0 Å². The number of likely N-dealkylation sites (tertiary alicyclic amines) is 1. The number of amides is 1. The first-order chi connectivity index (χ1) is 12.6. The zero-order valence-corrected chi connectivity index (χ0v) is 14.9. The van der Waals surface area contributed by atoms with Crippen molar-refractivity contribution in [3.63, 3.8) is 0 Å². The second-order valence-electron chi connectivity index (χ2n) is 6.98. The number of benzene rings is 2. The summed E-state index contributed by atoms with van der Waals surface area (Å²) in [6, 6.07) is 13.3. The smallest absolute Gasteiger partial charge is 0.408 e. The molecule has 1 amide bonds. The van der Waals surface area contributed by atoms with Crippen molar-refractivity contribution in [2.24, 2.45) is 0 Å². The Hall–Kier alpha value is -2.82. The topological polar surface area (TPSA) is 55.5 Å². The molecule has 3 aromatic rings. The average molecular weight is 350 g/mol. The van der Waals surface area contributed by atoms with Gasteiger partial charge in [-0.1, -0.05) is 29.8 Å². The molecule has 1 aliphatic rings. The van der Waals surface area contributed by atoms with E-state index in [0.29, 0.717) is 23.2 Å². The maximum Gasteiger partial charge on any atom is 0.420 e. The van der Waals surface area contributed by atoms with Crippen LogP contribution in [0.25, 0.3) is 11.1 Å². The van der Waals surface area contributed by atoms with Crippen LogP contribution in [0, 0.1) is 6.92 Å². The van der Waals surface area contributed by atoms with Gasteiger partial charge in [0.1, 0.15) is 0 Å². The van der Waals surface area contributed by atoms with Crippen LogP contribution in [0.1, 0.15) is 40.7 Å². The molecular weight excluding hydrogens is 328 g/mol. The second kappa shape index (κ2) is 6.83. The van der Waals surface area contributed by atoms with Crippen molar-refractivity contribution < 1.29 is 9.21 Å². The van der Waals surface area contributed by atoms with Crippen molar-refractivity contribution in [2.45, 2.75) is 32.7 Å². The number of hydrogen-bond acceptors (Lipinski definition) is 3. The molecule has 5 heteroatoms. The summed E-state index contributed by atoms with van der Waals surface area (Å²) in [4.78, 5) is 27.0. The van der Waals surface area contributed by atoms with Gasteiger partial charge in [0.2, 0.25) is 0 Å². The summed E-state index contributed by atoms with van der Waals surface area (Å²) in [6.07, 6.45) is 3.29. The molecule has 1 saturated heterocycles. The van der Waals surface area contributed by atoms with Crippen molar-refractivity contribution >= 4 is 17.0 Å². The summed E-state index contributed by atoms with van der Waals surface area (Å²) in [5, 5.41) is 0. The Balaban J connectivity index is 1.69. The first-order valence-electron chi connectivity index (χ1n) is 9.10. The number of oxazole rings is 1. The van der Waals surface area contributed by atoms with Gasteiger partial charge in [-0.3, -0.25) is 9.36 Å². The van der Waals surface area contributed by atoms with Crippen molar-refractivity contribution in [3.05, 3.63) is 69.7 Å². The van der Waals surface area contributed by atoms with E-state index in [1.54, 1.807) is 22.8 Å². The highest BCUT2D eigenvalue weighted by Gasteiger charge is 2.20. The molecule has 0 unspecified atom stereocenters. The van der Waals surface area contributed by atoms with Gasteiger partial charge < -0.3 is 9.32 Å². The predicted octanol–water partition coefficient (Wildman–Crippen LogP) is 3.58. The number of nitrogens with zero attached hydrogens (tertiary/aromatic N) is 2. The Bertz CT molecular complexity index is 992. The number of aromatic nitrogens is 1. The largest absolute Gasteiger partial charge is 0.420 e. The van der Waals surface area contributed by atoms with E-state index in [4.69, 9.17) is 4.42 Å². The normalized spacial score (nSPS) is 14.7. The third-order valence-corrected chi connectivity index (χ3v) is 5.02. The predicted molar refractivity (Wildman–Crippen MR) is 101 cm³/mol. The van der Waals surface area contributed by atoms with Crippen molar-refractivity contribution in [2.75, 3.05) is 13.1 Å². The number of hydrogen-bond donors (Lipinski definition) is 0. The molecule has 0 aliphatic carbocycles. The van der Waals surface area contributed by atoms with E-state index < -0.39 is 5.76 Å². The van der Waals surface area contributed by atoms with Gasteiger partial charge in [-0.05, 0) is 49.9 Å². The van der Waals surface area contributed by atoms with Gasteiger partial charge in [-0.15, -0.1) is 0 Å². The lowest BCUT2D eigenvalue weighted by Crippen LogP contribution is -2.35. The molecule has 2 heterocycles. The molecule has 0 N–H and O–H groups in total. The van der Waals surface area contributed by atoms with Crippen molar-refractivity contribution in [1.82, 2.24) is 9.47 Å². The molecule has 5 nitrogen and oxygen atoms in total. The van der Waals surface area contributed by atoms with E-state index in [1.165, 1.54) is 12.0 Å². The molecule has 1 aromatic heterocycles. The third kappa shape index (κ3) is 3.17. The molecule has 134 valence electrons. The Morgan fingerprint density at radius 3 is 2.50 bits per heavy atom. The van der Waals surface area contributed by atoms with Crippen LogP contribution >= 0.6 is 0 Å². The molecule has 0 radical (unpaired) electrons. The summed E-state index contributed by atoms with van der Waals surface area (Å²) in [7, 11) is 0. The Labute approximate surface area is 151 Å². The van der Waals surface area contributed by atoms with Gasteiger partial charge in [0, 0.05) is 18.7 Å². The van der Waals surface area contributed by atoms with Crippen molar-refractivity contribution in [1.29, 1.82) is 0 Å². The molecule has 0 bridgehead atoms. The van der Waals surface area contributed by atoms with Gasteiger partial charge in [-0.2, -0.15) is 0 Å². The SMILES string of the molecule is Cc1ccc(Cn2c(=O)oc3ccc(C(=O)N4CCCCC4)cc32)cc1. The van der Waals surface area contributed by atoms with Crippen molar-refractivity contribution in [3.8, 4) is 0 Å². The monoisotopic (exact) mass is 350 g/mol. The first kappa shape index (κ1) is 16.6. The Morgan fingerprint density at radius 1 is 1.04 bits per heavy atom. The lowest BCUT2D eigenvalue weighted by atomic mass is 10.1. The van der Waals surface area contributed by atoms with Gasteiger partial charge in [-0.25, -0.2) is 4.79 Å². The molecule has 26 heavy (non-hydrogen) atoms. The molecule has 2 aromatic carbocycles. The van der Waals surface area contributed by atoms with Gasteiger partial charge in [0.25, 0.3) is 5.91 Å². The Kier molecular flexibility index (Phi) is 4.37. The number of aryl methyl sites for hydroxylation is 1. The molecule has 0 saturated carbocycles. The van der Waals surface area contributed by atoms with Crippen LogP contribution in [0.2, 0.25) is 0 Å². The molecule has 0 atom stereocenters. The van der Waals surface area contributed by atoms with E-state index in [2.05, 4.69) is 0 Å². The fourth-order valence-corrected chi connectivity index (χ4v) is 3.50. The number of carbonyl (C=O) groups excluding carboxylic acids is 1. The van der Waals surface area contributed by atoms with Crippen LogP contribution in [-0.2, 0) is 6.54 Å². The van der Waals surface area contributed by atoms with E-state index in [0.717, 1.165) is 31.5 Å². The standard InChI is InChI=1S/C21H22N2O3/c1-15-5-7-16(8-6-15)14-23-18-13-17(9-10-19(18)26-21(23)25)20(24)22-11-3-2-4-12-22/h5-10,13H,2-4,11-12,14H2,1H3. The molecule has 1 aliphatic heterocycles. The molecule has 0 spiro atoms. The second-order valence-corrected chi connectivity index (χ2v) is 6.98.